The number of nitrogens with zero attached hydrogens (tertiary/aromatic N) is 4. The fourth-order valence-electron chi connectivity index (χ4n) is 3.73. The van der Waals surface area contributed by atoms with Crippen LogP contribution < -0.4 is 5.56 Å². The minimum atomic E-state index is 0.0759. The summed E-state index contributed by atoms with van der Waals surface area (Å²) in [5.74, 6) is 0.476. The van der Waals surface area contributed by atoms with Crippen molar-refractivity contribution in [1.82, 2.24) is 19.4 Å². The highest BCUT2D eigenvalue weighted by Gasteiger charge is 2.22. The number of fused-ring (bicyclic) bond motifs is 1. The van der Waals surface area contributed by atoms with Gasteiger partial charge in [-0.2, -0.15) is 0 Å². The summed E-state index contributed by atoms with van der Waals surface area (Å²) >= 11 is 0. The summed E-state index contributed by atoms with van der Waals surface area (Å²) in [6.07, 6.45) is 4.03. The zero-order valence-electron chi connectivity index (χ0n) is 15.4. The second-order valence-electron chi connectivity index (χ2n) is 7.20. The summed E-state index contributed by atoms with van der Waals surface area (Å²) in [6.45, 7) is 4.93. The number of rotatable bonds is 3. The van der Waals surface area contributed by atoms with E-state index in [2.05, 4.69) is 11.0 Å². The minimum Gasteiger partial charge on any atom is -0.319 e. The number of pyridine rings is 1. The lowest BCUT2D eigenvalue weighted by atomic mass is 9.90. The van der Waals surface area contributed by atoms with Crippen molar-refractivity contribution in [3.8, 4) is 0 Å². The molecule has 1 aliphatic rings. The highest BCUT2D eigenvalue weighted by atomic mass is 16.1. The number of hydrogen-bond donors (Lipinski definition) is 0. The van der Waals surface area contributed by atoms with Crippen LogP contribution in [0.4, 0.5) is 0 Å². The van der Waals surface area contributed by atoms with Crippen LogP contribution in [0.2, 0.25) is 0 Å². The van der Waals surface area contributed by atoms with Gasteiger partial charge in [0.25, 0.3) is 5.56 Å². The highest BCUT2D eigenvalue weighted by molar-refractivity contribution is 5.74. The highest BCUT2D eigenvalue weighted by Crippen LogP contribution is 2.28. The summed E-state index contributed by atoms with van der Waals surface area (Å²) in [5.41, 5.74) is 5.25. The molecule has 2 aromatic heterocycles. The molecule has 0 unspecified atom stereocenters. The molecule has 1 aromatic carbocycles. The Bertz CT molecular complexity index is 987. The number of hydrogen-bond acceptors (Lipinski definition) is 4. The van der Waals surface area contributed by atoms with Crippen molar-refractivity contribution in [2.45, 2.75) is 32.2 Å². The summed E-state index contributed by atoms with van der Waals surface area (Å²) in [4.78, 5) is 23.8. The second kappa shape index (κ2) is 7.00. The fraction of sp³-hybridized carbons (Fsp3) is 0.381. The van der Waals surface area contributed by atoms with Crippen LogP contribution in [0.25, 0.3) is 11.0 Å². The molecule has 0 bridgehead atoms. The van der Waals surface area contributed by atoms with Gasteiger partial charge in [-0.05, 0) is 62.5 Å². The maximum Gasteiger partial charge on any atom is 0.250 e. The van der Waals surface area contributed by atoms with Gasteiger partial charge in [0, 0.05) is 25.9 Å². The molecular weight excluding hydrogens is 324 g/mol. The van der Waals surface area contributed by atoms with Crippen molar-refractivity contribution < 1.29 is 0 Å². The predicted octanol–water partition coefficient (Wildman–Crippen LogP) is 3.02. The smallest absolute Gasteiger partial charge is 0.250 e. The van der Waals surface area contributed by atoms with E-state index >= 15 is 0 Å². The lowest BCUT2D eigenvalue weighted by Gasteiger charge is -2.32. The number of benzene rings is 1. The molecule has 26 heavy (non-hydrogen) atoms. The van der Waals surface area contributed by atoms with E-state index in [1.807, 2.05) is 37.4 Å². The van der Waals surface area contributed by atoms with Gasteiger partial charge in [-0.15, -0.1) is 0 Å². The molecule has 1 aliphatic heterocycles. The molecule has 0 atom stereocenters. The van der Waals surface area contributed by atoms with Crippen LogP contribution in [0.5, 0.6) is 0 Å². The number of aryl methyl sites for hydroxylation is 2. The Morgan fingerprint density at radius 2 is 1.77 bits per heavy atom. The first-order valence-corrected chi connectivity index (χ1v) is 9.21. The molecule has 0 radical (unpaired) electrons. The van der Waals surface area contributed by atoms with Gasteiger partial charge in [0.1, 0.15) is 0 Å². The third kappa shape index (κ3) is 3.40. The Hall–Kier alpha value is -2.53. The van der Waals surface area contributed by atoms with Gasteiger partial charge in [0.15, 0.2) is 0 Å². The van der Waals surface area contributed by atoms with Crippen molar-refractivity contribution in [3.05, 3.63) is 69.9 Å². The van der Waals surface area contributed by atoms with Crippen LogP contribution in [0.15, 0.2) is 47.4 Å². The lowest BCUT2D eigenvalue weighted by molar-refractivity contribution is 0.202. The maximum atomic E-state index is 11.9. The molecule has 1 saturated heterocycles. The molecule has 3 heterocycles. The van der Waals surface area contributed by atoms with Crippen molar-refractivity contribution in [1.29, 1.82) is 0 Å². The standard InChI is InChI=1S/C21H24N4O/c1-15-20(23-19-6-4-3-5-18(19)22-15)14-25-11-8-16(9-12-25)17-7-10-24(2)21(26)13-17/h3-7,10,13,16H,8-9,11-12,14H2,1-2H3. The van der Waals surface area contributed by atoms with Crippen LogP contribution in [0.1, 0.15) is 35.7 Å². The molecule has 5 heteroatoms. The molecule has 0 N–H and O–H groups in total. The number of likely N-dealkylation sites (tertiary alicyclic amines) is 1. The van der Waals surface area contributed by atoms with E-state index in [9.17, 15) is 4.79 Å². The molecule has 0 aliphatic carbocycles. The van der Waals surface area contributed by atoms with Crippen molar-refractivity contribution in [3.63, 3.8) is 0 Å². The Morgan fingerprint density at radius 3 is 2.46 bits per heavy atom. The van der Waals surface area contributed by atoms with Gasteiger partial charge in [0.05, 0.1) is 22.4 Å². The Balaban J connectivity index is 1.44. The second-order valence-corrected chi connectivity index (χ2v) is 7.20. The quantitative estimate of drug-likeness (QED) is 0.730. The van der Waals surface area contributed by atoms with Crippen molar-refractivity contribution in [2.24, 2.45) is 7.05 Å². The monoisotopic (exact) mass is 348 g/mol. The fourth-order valence-corrected chi connectivity index (χ4v) is 3.73. The van der Waals surface area contributed by atoms with Gasteiger partial charge in [-0.1, -0.05) is 12.1 Å². The zero-order valence-corrected chi connectivity index (χ0v) is 15.4. The first kappa shape index (κ1) is 16.9. The van der Waals surface area contributed by atoms with Gasteiger partial charge < -0.3 is 4.57 Å². The lowest BCUT2D eigenvalue weighted by Crippen LogP contribution is -2.33. The largest absolute Gasteiger partial charge is 0.319 e. The van der Waals surface area contributed by atoms with Gasteiger partial charge in [0.2, 0.25) is 0 Å². The number of para-hydroxylation sites is 2. The summed E-state index contributed by atoms with van der Waals surface area (Å²) in [6, 6.07) is 11.9. The first-order valence-electron chi connectivity index (χ1n) is 9.21. The summed E-state index contributed by atoms with van der Waals surface area (Å²) < 4.78 is 1.62. The molecule has 0 spiro atoms. The number of aromatic nitrogens is 3. The van der Waals surface area contributed by atoms with Crippen LogP contribution in [-0.2, 0) is 13.6 Å². The van der Waals surface area contributed by atoms with Gasteiger partial charge >= 0.3 is 0 Å². The maximum absolute atomic E-state index is 11.9. The molecule has 4 rings (SSSR count). The predicted molar refractivity (Wildman–Crippen MR) is 103 cm³/mol. The van der Waals surface area contributed by atoms with E-state index in [1.54, 1.807) is 17.7 Å². The van der Waals surface area contributed by atoms with E-state index in [-0.39, 0.29) is 5.56 Å². The molecule has 134 valence electrons. The molecule has 0 amide bonds. The van der Waals surface area contributed by atoms with E-state index < -0.39 is 0 Å². The molecule has 3 aromatic rings. The first-order chi connectivity index (χ1) is 12.6. The normalized spacial score (nSPS) is 16.2. The van der Waals surface area contributed by atoms with Crippen molar-refractivity contribution >= 4 is 11.0 Å². The van der Waals surface area contributed by atoms with E-state index in [1.165, 1.54) is 5.56 Å². The Morgan fingerprint density at radius 1 is 1.08 bits per heavy atom. The Kier molecular flexibility index (Phi) is 4.55. The SMILES string of the molecule is Cc1nc2ccccc2nc1CN1CCC(c2ccn(C)c(=O)c2)CC1. The van der Waals surface area contributed by atoms with E-state index in [4.69, 9.17) is 9.97 Å². The van der Waals surface area contributed by atoms with E-state index in [0.717, 1.165) is 54.9 Å². The Labute approximate surface area is 153 Å². The van der Waals surface area contributed by atoms with Crippen LogP contribution in [0, 0.1) is 6.92 Å². The molecule has 5 nitrogen and oxygen atoms in total. The molecule has 1 fully saturated rings. The summed E-state index contributed by atoms with van der Waals surface area (Å²) in [7, 11) is 1.79. The topological polar surface area (TPSA) is 51.0 Å². The molecular formula is C21H24N4O. The minimum absolute atomic E-state index is 0.0759. The summed E-state index contributed by atoms with van der Waals surface area (Å²) in [5, 5.41) is 0. The van der Waals surface area contributed by atoms with Crippen molar-refractivity contribution in [2.75, 3.05) is 13.1 Å². The van der Waals surface area contributed by atoms with Gasteiger partial charge in [-0.3, -0.25) is 9.69 Å². The molecule has 0 saturated carbocycles. The van der Waals surface area contributed by atoms with Crippen LogP contribution >= 0.6 is 0 Å². The average molecular weight is 348 g/mol. The van der Waals surface area contributed by atoms with E-state index in [0.29, 0.717) is 5.92 Å². The third-order valence-electron chi connectivity index (χ3n) is 5.40. The van der Waals surface area contributed by atoms with Crippen LogP contribution in [0.3, 0.4) is 0 Å². The number of piperidine rings is 1. The third-order valence-corrected chi connectivity index (χ3v) is 5.40. The van der Waals surface area contributed by atoms with Gasteiger partial charge in [-0.25, -0.2) is 9.97 Å². The van der Waals surface area contributed by atoms with Crippen LogP contribution in [-0.4, -0.2) is 32.5 Å². The zero-order chi connectivity index (χ0) is 18.1. The average Bonchev–Trinajstić information content (AvgIpc) is 2.65.